The van der Waals surface area contributed by atoms with Crippen molar-refractivity contribution < 1.29 is 9.59 Å². The van der Waals surface area contributed by atoms with Gasteiger partial charge in [0.2, 0.25) is 11.8 Å². The lowest BCUT2D eigenvalue weighted by Gasteiger charge is -2.33. The quantitative estimate of drug-likeness (QED) is 0.587. The fourth-order valence-corrected chi connectivity index (χ4v) is 4.17. The van der Waals surface area contributed by atoms with E-state index in [1.807, 2.05) is 4.90 Å². The summed E-state index contributed by atoms with van der Waals surface area (Å²) in [7, 11) is 0. The monoisotopic (exact) mass is 380 g/mol. The Balaban J connectivity index is 2.80. The number of nitrogens with zero attached hydrogens (tertiary/aromatic N) is 1. The van der Waals surface area contributed by atoms with Gasteiger partial charge in [-0.15, -0.1) is 0 Å². The topological polar surface area (TPSA) is 49.4 Å². The van der Waals surface area contributed by atoms with Crippen LogP contribution in [0.15, 0.2) is 0 Å². The van der Waals surface area contributed by atoms with Gasteiger partial charge < -0.3 is 10.2 Å². The molecular weight excluding hydrogens is 336 g/mol. The molecule has 0 aliphatic heterocycles. The van der Waals surface area contributed by atoms with Crippen molar-refractivity contribution in [3.8, 4) is 0 Å². The first kappa shape index (κ1) is 24.0. The minimum Gasteiger partial charge on any atom is -0.344 e. The van der Waals surface area contributed by atoms with E-state index in [2.05, 4.69) is 53.8 Å². The Morgan fingerprint density at radius 2 is 1.41 bits per heavy atom. The van der Waals surface area contributed by atoms with Crippen molar-refractivity contribution in [3.63, 3.8) is 0 Å². The third-order valence-corrected chi connectivity index (χ3v) is 5.60. The molecule has 2 amide bonds. The van der Waals surface area contributed by atoms with E-state index >= 15 is 0 Å². The highest BCUT2D eigenvalue weighted by atomic mass is 16.2. The van der Waals surface area contributed by atoms with Gasteiger partial charge in [-0.05, 0) is 55.8 Å². The van der Waals surface area contributed by atoms with Crippen LogP contribution in [0.3, 0.4) is 0 Å². The largest absolute Gasteiger partial charge is 0.344 e. The number of nitrogens with one attached hydrogen (secondary N) is 1. The molecular formula is C23H44N2O2. The molecule has 1 N–H and O–H groups in total. The zero-order valence-electron chi connectivity index (χ0n) is 18.9. The van der Waals surface area contributed by atoms with Gasteiger partial charge >= 0.3 is 0 Å². The average molecular weight is 381 g/mol. The summed E-state index contributed by atoms with van der Waals surface area (Å²) in [5.41, 5.74) is 0. The van der Waals surface area contributed by atoms with Gasteiger partial charge in [-0.25, -0.2) is 0 Å². The van der Waals surface area contributed by atoms with Crippen molar-refractivity contribution >= 4 is 11.8 Å². The maximum absolute atomic E-state index is 13.3. The highest BCUT2D eigenvalue weighted by Crippen LogP contribution is 2.30. The molecule has 1 aliphatic rings. The third-order valence-electron chi connectivity index (χ3n) is 5.60. The highest BCUT2D eigenvalue weighted by molar-refractivity contribution is 5.88. The number of rotatable bonds is 10. The van der Waals surface area contributed by atoms with Crippen molar-refractivity contribution in [3.05, 3.63) is 0 Å². The molecule has 1 aliphatic carbocycles. The lowest BCUT2D eigenvalue weighted by atomic mass is 9.80. The molecule has 0 saturated heterocycles. The number of amides is 2. The average Bonchev–Trinajstić information content (AvgIpc) is 2.58. The summed E-state index contributed by atoms with van der Waals surface area (Å²) in [5, 5.41) is 3.15. The third kappa shape index (κ3) is 8.66. The molecule has 0 spiro atoms. The molecule has 4 nitrogen and oxygen atoms in total. The van der Waals surface area contributed by atoms with Crippen LogP contribution in [-0.2, 0) is 9.59 Å². The lowest BCUT2D eigenvalue weighted by molar-refractivity contribution is -0.139. The first-order valence-corrected chi connectivity index (χ1v) is 11.2. The summed E-state index contributed by atoms with van der Waals surface area (Å²) in [6, 6.07) is -0.390. The molecule has 0 aromatic heterocycles. The smallest absolute Gasteiger partial charge is 0.245 e. The van der Waals surface area contributed by atoms with Gasteiger partial charge in [0.05, 0.1) is 0 Å². The minimum absolute atomic E-state index is 0.0823. The van der Waals surface area contributed by atoms with E-state index in [4.69, 9.17) is 0 Å². The summed E-state index contributed by atoms with van der Waals surface area (Å²) in [4.78, 5) is 28.1. The van der Waals surface area contributed by atoms with E-state index < -0.39 is 0 Å². The molecule has 1 saturated carbocycles. The Bertz CT molecular complexity index is 441. The van der Waals surface area contributed by atoms with Gasteiger partial charge in [-0.3, -0.25) is 9.59 Å². The Morgan fingerprint density at radius 1 is 0.889 bits per heavy atom. The molecule has 27 heavy (non-hydrogen) atoms. The molecule has 4 heteroatoms. The fourth-order valence-electron chi connectivity index (χ4n) is 4.17. The van der Waals surface area contributed by atoms with Crippen LogP contribution in [0.5, 0.6) is 0 Å². The zero-order chi connectivity index (χ0) is 20.6. The van der Waals surface area contributed by atoms with E-state index in [9.17, 15) is 9.59 Å². The molecule has 0 aromatic rings. The number of carbonyl (C=O) groups is 2. The first-order valence-electron chi connectivity index (χ1n) is 11.2. The van der Waals surface area contributed by atoms with Gasteiger partial charge in [0.25, 0.3) is 0 Å². The minimum atomic E-state index is -0.390. The Hall–Kier alpha value is -1.06. The Kier molecular flexibility index (Phi) is 10.4. The second-order valence-electron chi connectivity index (χ2n) is 9.85. The number of hydrogen-bond acceptors (Lipinski definition) is 2. The second kappa shape index (κ2) is 11.7. The maximum Gasteiger partial charge on any atom is 0.245 e. The molecule has 0 radical (unpaired) electrons. The Labute approximate surface area is 167 Å². The fraction of sp³-hybridized carbons (Fsp3) is 0.913. The Morgan fingerprint density at radius 3 is 1.81 bits per heavy atom. The van der Waals surface area contributed by atoms with Crippen LogP contribution in [0.25, 0.3) is 0 Å². The molecule has 0 bridgehead atoms. The van der Waals surface area contributed by atoms with Crippen LogP contribution in [0, 0.1) is 29.6 Å². The standard InChI is InChI=1S/C23H44N2O2/c1-8-19-9-11-20(12-10-19)22(26)24-21(13-16(2)3)23(27)25(14-17(4)5)15-18(6)7/h16-21H,8-15H2,1-7H3,(H,24,26). The number of hydrogen-bond donors (Lipinski definition) is 1. The van der Waals surface area contributed by atoms with Gasteiger partial charge in [0.1, 0.15) is 6.04 Å². The summed E-state index contributed by atoms with van der Waals surface area (Å²) < 4.78 is 0. The maximum atomic E-state index is 13.3. The van der Waals surface area contributed by atoms with E-state index in [-0.39, 0.29) is 23.8 Å². The van der Waals surface area contributed by atoms with E-state index in [0.29, 0.717) is 24.2 Å². The van der Waals surface area contributed by atoms with Gasteiger partial charge in [-0.1, -0.05) is 54.9 Å². The lowest BCUT2D eigenvalue weighted by Crippen LogP contribution is -2.52. The summed E-state index contributed by atoms with van der Waals surface area (Å²) in [6.45, 7) is 16.5. The van der Waals surface area contributed by atoms with Crippen LogP contribution >= 0.6 is 0 Å². The van der Waals surface area contributed by atoms with Gasteiger partial charge in [0.15, 0.2) is 0 Å². The van der Waals surface area contributed by atoms with Gasteiger partial charge in [0, 0.05) is 19.0 Å². The van der Waals surface area contributed by atoms with Crippen molar-refractivity contribution in [1.29, 1.82) is 0 Å². The molecule has 1 rings (SSSR count). The van der Waals surface area contributed by atoms with Crippen LogP contribution < -0.4 is 5.32 Å². The van der Waals surface area contributed by atoms with Crippen molar-refractivity contribution in [2.75, 3.05) is 13.1 Å². The predicted octanol–water partition coefficient (Wildman–Crippen LogP) is 4.87. The molecule has 1 atom stereocenters. The van der Waals surface area contributed by atoms with Crippen LogP contribution in [-0.4, -0.2) is 35.8 Å². The zero-order valence-corrected chi connectivity index (χ0v) is 18.9. The summed E-state index contributed by atoms with van der Waals surface area (Å²) >= 11 is 0. The molecule has 158 valence electrons. The van der Waals surface area contributed by atoms with E-state index in [0.717, 1.165) is 44.7 Å². The highest BCUT2D eigenvalue weighted by Gasteiger charge is 2.31. The number of carbonyl (C=O) groups excluding carboxylic acids is 2. The van der Waals surface area contributed by atoms with Crippen molar-refractivity contribution in [2.24, 2.45) is 29.6 Å². The van der Waals surface area contributed by atoms with Crippen molar-refractivity contribution in [1.82, 2.24) is 10.2 Å². The predicted molar refractivity (Wildman–Crippen MR) is 113 cm³/mol. The second-order valence-corrected chi connectivity index (χ2v) is 9.85. The molecule has 1 fully saturated rings. The SMILES string of the molecule is CCC1CCC(C(=O)NC(CC(C)C)C(=O)N(CC(C)C)CC(C)C)CC1. The van der Waals surface area contributed by atoms with Crippen LogP contribution in [0.4, 0.5) is 0 Å². The van der Waals surface area contributed by atoms with E-state index in [1.54, 1.807) is 0 Å². The van der Waals surface area contributed by atoms with Crippen molar-refractivity contribution in [2.45, 2.75) is 93.0 Å². The first-order chi connectivity index (χ1) is 12.6. The summed E-state index contributed by atoms with van der Waals surface area (Å²) in [6.07, 6.45) is 6.14. The molecule has 0 heterocycles. The van der Waals surface area contributed by atoms with Crippen LogP contribution in [0.2, 0.25) is 0 Å². The van der Waals surface area contributed by atoms with Crippen LogP contribution in [0.1, 0.15) is 87.0 Å². The molecule has 0 aromatic carbocycles. The molecule has 1 unspecified atom stereocenters. The normalized spacial score (nSPS) is 21.6. The van der Waals surface area contributed by atoms with Gasteiger partial charge in [-0.2, -0.15) is 0 Å². The van der Waals surface area contributed by atoms with E-state index in [1.165, 1.54) is 6.42 Å². The summed E-state index contributed by atoms with van der Waals surface area (Å²) in [5.74, 6) is 2.27.